The largest absolute Gasteiger partial charge is 0.328 e. The van der Waals surface area contributed by atoms with Gasteiger partial charge < -0.3 is 4.57 Å². The van der Waals surface area contributed by atoms with E-state index in [2.05, 4.69) is 18.1 Å². The van der Waals surface area contributed by atoms with E-state index in [0.717, 1.165) is 12.8 Å². The van der Waals surface area contributed by atoms with Gasteiger partial charge in [0.05, 0.1) is 0 Å². The molecule has 0 aliphatic carbocycles. The normalized spacial score (nSPS) is 9.70. The zero-order valence-electron chi connectivity index (χ0n) is 6.38. The Bertz CT molecular complexity index is 197. The Balaban J connectivity index is 2.59. The number of nitrogens with zero attached hydrogens (tertiary/aromatic N) is 1. The topological polar surface area (TPSA) is 4.93 Å². The number of rotatable bonds is 3. The summed E-state index contributed by atoms with van der Waals surface area (Å²) in [5.74, 6) is 0. The van der Waals surface area contributed by atoms with Crippen LogP contribution in [0.4, 0.5) is 0 Å². The number of hydrogen-bond donors (Lipinski definition) is 0. The molecule has 0 radical (unpaired) electrons. The first-order valence-electron chi connectivity index (χ1n) is 3.65. The van der Waals surface area contributed by atoms with E-state index in [1.165, 1.54) is 5.70 Å². The molecule has 0 N–H and O–H groups in total. The van der Waals surface area contributed by atoms with Gasteiger partial charge in [-0.3, -0.25) is 0 Å². The smallest absolute Gasteiger partial charge is 0.0148 e. The predicted octanol–water partition coefficient (Wildman–Crippen LogP) is 2.76. The van der Waals surface area contributed by atoms with E-state index >= 15 is 0 Å². The molecule has 0 aliphatic rings. The van der Waals surface area contributed by atoms with Gasteiger partial charge in [-0.05, 0) is 18.6 Å². The second-order valence-electron chi connectivity index (χ2n) is 2.41. The molecule has 0 unspecified atom stereocenters. The molecule has 0 fully saturated rings. The van der Waals surface area contributed by atoms with E-state index in [-0.39, 0.29) is 0 Å². The number of aromatic nitrogens is 1. The van der Waals surface area contributed by atoms with E-state index in [4.69, 9.17) is 0 Å². The summed E-state index contributed by atoms with van der Waals surface area (Å²) >= 11 is 0. The van der Waals surface area contributed by atoms with Crippen molar-refractivity contribution in [3.8, 4) is 0 Å². The van der Waals surface area contributed by atoms with Crippen LogP contribution in [0.25, 0.3) is 5.70 Å². The molecule has 10 heavy (non-hydrogen) atoms. The highest BCUT2D eigenvalue weighted by molar-refractivity contribution is 5.40. The molecule has 0 spiro atoms. The van der Waals surface area contributed by atoms with Crippen molar-refractivity contribution in [3.05, 3.63) is 31.1 Å². The van der Waals surface area contributed by atoms with Gasteiger partial charge in [-0.15, -0.1) is 0 Å². The summed E-state index contributed by atoms with van der Waals surface area (Å²) in [7, 11) is 0. The highest BCUT2D eigenvalue weighted by Gasteiger charge is 1.91. The Morgan fingerprint density at radius 2 is 2.00 bits per heavy atom. The Hall–Kier alpha value is -0.980. The van der Waals surface area contributed by atoms with Crippen molar-refractivity contribution in [1.82, 2.24) is 4.57 Å². The quantitative estimate of drug-likeness (QED) is 0.600. The lowest BCUT2D eigenvalue weighted by Gasteiger charge is -2.03. The minimum Gasteiger partial charge on any atom is -0.328 e. The molecule has 1 rings (SSSR count). The highest BCUT2D eigenvalue weighted by atomic mass is 14.9. The minimum absolute atomic E-state index is 1.08. The van der Waals surface area contributed by atoms with Crippen molar-refractivity contribution in [2.24, 2.45) is 0 Å². The van der Waals surface area contributed by atoms with Crippen LogP contribution >= 0.6 is 0 Å². The summed E-state index contributed by atoms with van der Waals surface area (Å²) in [5.41, 5.74) is 1.17. The molecule has 54 valence electrons. The molecule has 1 heteroatoms. The van der Waals surface area contributed by atoms with E-state index in [1.54, 1.807) is 0 Å². The second-order valence-corrected chi connectivity index (χ2v) is 2.41. The summed E-state index contributed by atoms with van der Waals surface area (Å²) < 4.78 is 2.06. The maximum atomic E-state index is 3.95. The van der Waals surface area contributed by atoms with Gasteiger partial charge in [0.25, 0.3) is 0 Å². The lowest BCUT2D eigenvalue weighted by molar-refractivity contribution is 0.908. The van der Waals surface area contributed by atoms with Gasteiger partial charge in [0.2, 0.25) is 0 Å². The van der Waals surface area contributed by atoms with Crippen molar-refractivity contribution in [2.75, 3.05) is 0 Å². The molecule has 0 saturated heterocycles. The molecular formula is C9H13N. The van der Waals surface area contributed by atoms with Crippen LogP contribution in [-0.2, 0) is 0 Å². The van der Waals surface area contributed by atoms with Crippen LogP contribution in [-0.4, -0.2) is 4.57 Å². The van der Waals surface area contributed by atoms with Crippen molar-refractivity contribution >= 4 is 5.70 Å². The third-order valence-corrected chi connectivity index (χ3v) is 1.51. The van der Waals surface area contributed by atoms with Crippen LogP contribution < -0.4 is 0 Å². The average molecular weight is 135 g/mol. The van der Waals surface area contributed by atoms with Gasteiger partial charge in [0, 0.05) is 18.1 Å². The number of hydrogen-bond acceptors (Lipinski definition) is 0. The van der Waals surface area contributed by atoms with Crippen LogP contribution in [0.5, 0.6) is 0 Å². The Morgan fingerprint density at radius 3 is 2.50 bits per heavy atom. The van der Waals surface area contributed by atoms with E-state index in [9.17, 15) is 0 Å². The van der Waals surface area contributed by atoms with Crippen molar-refractivity contribution in [1.29, 1.82) is 0 Å². The molecule has 1 nitrogen and oxygen atoms in total. The summed E-state index contributed by atoms with van der Waals surface area (Å²) in [4.78, 5) is 0. The first kappa shape index (κ1) is 7.13. The van der Waals surface area contributed by atoms with E-state index < -0.39 is 0 Å². The van der Waals surface area contributed by atoms with Crippen LogP contribution in [0.15, 0.2) is 31.1 Å². The number of allylic oxidation sites excluding steroid dienone is 1. The summed E-state index contributed by atoms with van der Waals surface area (Å²) in [6.07, 6.45) is 6.29. The third-order valence-electron chi connectivity index (χ3n) is 1.51. The fourth-order valence-electron chi connectivity index (χ4n) is 0.963. The molecule has 0 aliphatic heterocycles. The standard InChI is InChI=1S/C9H13N/c1-3-6-9(2)10-7-4-5-8-10/h4-5,7-8H,2-3,6H2,1H3. The van der Waals surface area contributed by atoms with Gasteiger partial charge in [0.15, 0.2) is 0 Å². The maximum absolute atomic E-state index is 3.95. The van der Waals surface area contributed by atoms with Crippen molar-refractivity contribution < 1.29 is 0 Å². The SMILES string of the molecule is C=C(CCC)n1cccc1. The zero-order valence-corrected chi connectivity index (χ0v) is 6.38. The fourth-order valence-corrected chi connectivity index (χ4v) is 0.963. The molecule has 0 saturated carbocycles. The van der Waals surface area contributed by atoms with Gasteiger partial charge in [-0.2, -0.15) is 0 Å². The molecule has 0 amide bonds. The lowest BCUT2D eigenvalue weighted by Crippen LogP contribution is -1.89. The molecule has 0 bridgehead atoms. The van der Waals surface area contributed by atoms with E-state index in [1.807, 2.05) is 24.5 Å². The summed E-state index contributed by atoms with van der Waals surface area (Å²) in [6.45, 7) is 6.11. The van der Waals surface area contributed by atoms with E-state index in [0.29, 0.717) is 0 Å². The molecular weight excluding hydrogens is 122 g/mol. The van der Waals surface area contributed by atoms with Gasteiger partial charge in [-0.25, -0.2) is 0 Å². The minimum atomic E-state index is 1.08. The highest BCUT2D eigenvalue weighted by Crippen LogP contribution is 2.08. The van der Waals surface area contributed by atoms with Gasteiger partial charge >= 0.3 is 0 Å². The van der Waals surface area contributed by atoms with Gasteiger partial charge in [-0.1, -0.05) is 19.9 Å². The first-order valence-corrected chi connectivity index (χ1v) is 3.65. The summed E-state index contributed by atoms with van der Waals surface area (Å²) in [6, 6.07) is 4.03. The fraction of sp³-hybridized carbons (Fsp3) is 0.333. The maximum Gasteiger partial charge on any atom is 0.0148 e. The zero-order chi connectivity index (χ0) is 7.40. The Morgan fingerprint density at radius 1 is 1.40 bits per heavy atom. The molecule has 1 aromatic heterocycles. The Labute approximate surface area is 62.0 Å². The molecule has 1 aromatic rings. The van der Waals surface area contributed by atoms with Crippen LogP contribution in [0.1, 0.15) is 19.8 Å². The molecule has 0 aromatic carbocycles. The average Bonchev–Trinajstić information content (AvgIpc) is 2.38. The monoisotopic (exact) mass is 135 g/mol. The molecule has 0 atom stereocenters. The third kappa shape index (κ3) is 1.50. The van der Waals surface area contributed by atoms with Crippen LogP contribution in [0.3, 0.4) is 0 Å². The first-order chi connectivity index (χ1) is 4.84. The van der Waals surface area contributed by atoms with Crippen LogP contribution in [0, 0.1) is 0 Å². The predicted molar refractivity (Wildman–Crippen MR) is 44.7 cm³/mol. The lowest BCUT2D eigenvalue weighted by atomic mass is 10.3. The Kier molecular flexibility index (Phi) is 2.32. The van der Waals surface area contributed by atoms with Crippen molar-refractivity contribution in [2.45, 2.75) is 19.8 Å². The molecule has 1 heterocycles. The van der Waals surface area contributed by atoms with Crippen molar-refractivity contribution in [3.63, 3.8) is 0 Å². The second kappa shape index (κ2) is 3.25. The van der Waals surface area contributed by atoms with Gasteiger partial charge in [0.1, 0.15) is 0 Å². The van der Waals surface area contributed by atoms with Crippen LogP contribution in [0.2, 0.25) is 0 Å². The summed E-state index contributed by atoms with van der Waals surface area (Å²) in [5, 5.41) is 0.